The normalized spacial score (nSPS) is 33.9. The molecule has 0 heterocycles. The summed E-state index contributed by atoms with van der Waals surface area (Å²) in [5.41, 5.74) is 3.67. The van der Waals surface area contributed by atoms with Crippen molar-refractivity contribution in [1.82, 2.24) is 0 Å². The standard InChI is InChI=1S/C18H24/c1-13-9-10-15-11-16(13)17(12-18(15,2)3)14-7-5-4-6-8-14/h4-9,15-17H,10-12H2,1-3H3/t15-,16-,17-/m0/s1. The smallest absolute Gasteiger partial charge is 0.00912 e. The minimum Gasteiger partial charge on any atom is -0.0850 e. The molecule has 0 saturated heterocycles. The molecular formula is C18H24. The van der Waals surface area contributed by atoms with E-state index >= 15 is 0 Å². The van der Waals surface area contributed by atoms with Gasteiger partial charge in [0.05, 0.1) is 0 Å². The van der Waals surface area contributed by atoms with Gasteiger partial charge >= 0.3 is 0 Å². The summed E-state index contributed by atoms with van der Waals surface area (Å²) in [6, 6.07) is 11.2. The van der Waals surface area contributed by atoms with Crippen LogP contribution in [0.4, 0.5) is 0 Å². The van der Waals surface area contributed by atoms with Gasteiger partial charge in [-0.05, 0) is 54.9 Å². The van der Waals surface area contributed by atoms with Crippen molar-refractivity contribution >= 4 is 0 Å². The fraction of sp³-hybridized carbons (Fsp3) is 0.556. The van der Waals surface area contributed by atoms with E-state index in [1.807, 2.05) is 0 Å². The van der Waals surface area contributed by atoms with Crippen LogP contribution in [0.2, 0.25) is 0 Å². The van der Waals surface area contributed by atoms with Gasteiger partial charge in [-0.3, -0.25) is 0 Å². The predicted molar refractivity (Wildman–Crippen MR) is 77.6 cm³/mol. The molecule has 2 bridgehead atoms. The van der Waals surface area contributed by atoms with Crippen molar-refractivity contribution in [3.8, 4) is 0 Å². The largest absolute Gasteiger partial charge is 0.0850 e. The Morgan fingerprint density at radius 2 is 1.78 bits per heavy atom. The highest BCUT2D eigenvalue weighted by Gasteiger charge is 2.44. The zero-order chi connectivity index (χ0) is 12.8. The van der Waals surface area contributed by atoms with E-state index in [0.717, 1.165) is 17.8 Å². The average molecular weight is 240 g/mol. The van der Waals surface area contributed by atoms with Crippen LogP contribution in [-0.2, 0) is 0 Å². The molecule has 0 aromatic heterocycles. The van der Waals surface area contributed by atoms with Crippen LogP contribution in [0, 0.1) is 17.3 Å². The molecule has 0 N–H and O–H groups in total. The molecule has 1 aromatic carbocycles. The number of rotatable bonds is 1. The molecule has 18 heavy (non-hydrogen) atoms. The summed E-state index contributed by atoms with van der Waals surface area (Å²) >= 11 is 0. The van der Waals surface area contributed by atoms with E-state index in [1.165, 1.54) is 19.3 Å². The van der Waals surface area contributed by atoms with Gasteiger partial charge in [0.25, 0.3) is 0 Å². The molecule has 0 radical (unpaired) electrons. The number of benzene rings is 1. The van der Waals surface area contributed by atoms with Crippen molar-refractivity contribution in [2.45, 2.75) is 46.0 Å². The van der Waals surface area contributed by atoms with Gasteiger partial charge in [-0.25, -0.2) is 0 Å². The van der Waals surface area contributed by atoms with Gasteiger partial charge in [0.15, 0.2) is 0 Å². The molecule has 3 atom stereocenters. The monoisotopic (exact) mass is 240 g/mol. The summed E-state index contributed by atoms with van der Waals surface area (Å²) in [5.74, 6) is 2.42. The minimum absolute atomic E-state index is 0.494. The molecule has 0 spiro atoms. The van der Waals surface area contributed by atoms with E-state index in [1.54, 1.807) is 11.1 Å². The maximum absolute atomic E-state index is 2.51. The van der Waals surface area contributed by atoms with Gasteiger partial charge in [0.1, 0.15) is 0 Å². The van der Waals surface area contributed by atoms with Crippen molar-refractivity contribution in [1.29, 1.82) is 0 Å². The maximum Gasteiger partial charge on any atom is -0.00912 e. The summed E-state index contributed by atoms with van der Waals surface area (Å²) in [6.45, 7) is 7.28. The molecule has 1 fully saturated rings. The molecule has 1 saturated carbocycles. The zero-order valence-electron chi connectivity index (χ0n) is 11.8. The number of allylic oxidation sites excluding steroid dienone is 2. The molecular weight excluding hydrogens is 216 g/mol. The molecule has 0 amide bonds. The molecule has 1 aromatic rings. The van der Waals surface area contributed by atoms with Crippen LogP contribution in [0.15, 0.2) is 42.0 Å². The van der Waals surface area contributed by atoms with Crippen LogP contribution < -0.4 is 0 Å². The van der Waals surface area contributed by atoms with Crippen molar-refractivity contribution in [3.05, 3.63) is 47.5 Å². The molecule has 3 rings (SSSR count). The zero-order valence-corrected chi connectivity index (χ0v) is 11.8. The fourth-order valence-electron chi connectivity index (χ4n) is 4.11. The van der Waals surface area contributed by atoms with E-state index in [9.17, 15) is 0 Å². The summed E-state index contributed by atoms with van der Waals surface area (Å²) in [7, 11) is 0. The SMILES string of the molecule is CC1=CC[C@H]2C[C@@H]1[C@H](c1ccccc1)CC2(C)C. The molecule has 0 unspecified atom stereocenters. The third kappa shape index (κ3) is 1.92. The number of hydrogen-bond donors (Lipinski definition) is 0. The van der Waals surface area contributed by atoms with E-state index in [0.29, 0.717) is 5.41 Å². The maximum atomic E-state index is 2.51. The topological polar surface area (TPSA) is 0 Å². The molecule has 2 aliphatic carbocycles. The lowest BCUT2D eigenvalue weighted by Crippen LogP contribution is -2.38. The highest BCUT2D eigenvalue weighted by Crippen LogP contribution is 2.55. The summed E-state index contributed by atoms with van der Waals surface area (Å²) < 4.78 is 0. The fourth-order valence-corrected chi connectivity index (χ4v) is 4.11. The Hall–Kier alpha value is -1.04. The highest BCUT2D eigenvalue weighted by molar-refractivity contribution is 5.27. The first-order chi connectivity index (χ1) is 8.58. The first kappa shape index (κ1) is 12.0. The molecule has 96 valence electrons. The Balaban J connectivity index is 1.99. The van der Waals surface area contributed by atoms with E-state index in [4.69, 9.17) is 0 Å². The van der Waals surface area contributed by atoms with Gasteiger partial charge in [-0.1, -0.05) is 55.8 Å². The Morgan fingerprint density at radius 3 is 2.50 bits per heavy atom. The minimum atomic E-state index is 0.494. The van der Waals surface area contributed by atoms with Crippen molar-refractivity contribution in [2.24, 2.45) is 17.3 Å². The Kier molecular flexibility index (Phi) is 2.84. The second-order valence-corrected chi connectivity index (χ2v) is 6.93. The van der Waals surface area contributed by atoms with E-state index in [2.05, 4.69) is 57.2 Å². The second-order valence-electron chi connectivity index (χ2n) is 6.93. The number of fused-ring (bicyclic) bond motifs is 2. The van der Waals surface area contributed by atoms with Crippen LogP contribution in [0.3, 0.4) is 0 Å². The van der Waals surface area contributed by atoms with E-state index in [-0.39, 0.29) is 0 Å². The van der Waals surface area contributed by atoms with E-state index < -0.39 is 0 Å². The quantitative estimate of drug-likeness (QED) is 0.594. The van der Waals surface area contributed by atoms with Crippen LogP contribution in [-0.4, -0.2) is 0 Å². The first-order valence-corrected chi connectivity index (χ1v) is 7.29. The third-order valence-electron chi connectivity index (χ3n) is 5.41. The van der Waals surface area contributed by atoms with Gasteiger partial charge in [0.2, 0.25) is 0 Å². The van der Waals surface area contributed by atoms with Crippen molar-refractivity contribution < 1.29 is 0 Å². The lowest BCUT2D eigenvalue weighted by Gasteiger charge is -2.49. The van der Waals surface area contributed by atoms with Crippen LogP contribution in [0.1, 0.15) is 51.5 Å². The van der Waals surface area contributed by atoms with Gasteiger partial charge in [-0.15, -0.1) is 0 Å². The van der Waals surface area contributed by atoms with Gasteiger partial charge in [-0.2, -0.15) is 0 Å². The average Bonchev–Trinajstić information content (AvgIpc) is 2.37. The first-order valence-electron chi connectivity index (χ1n) is 7.29. The summed E-state index contributed by atoms with van der Waals surface area (Å²) in [5, 5.41) is 0. The Bertz CT molecular complexity index is 452. The van der Waals surface area contributed by atoms with Crippen LogP contribution >= 0.6 is 0 Å². The molecule has 0 aliphatic heterocycles. The van der Waals surface area contributed by atoms with Crippen LogP contribution in [0.25, 0.3) is 0 Å². The van der Waals surface area contributed by atoms with Gasteiger partial charge in [0, 0.05) is 0 Å². The second kappa shape index (κ2) is 4.26. The van der Waals surface area contributed by atoms with Gasteiger partial charge < -0.3 is 0 Å². The molecule has 0 heteroatoms. The van der Waals surface area contributed by atoms with Crippen LogP contribution in [0.5, 0.6) is 0 Å². The Labute approximate surface area is 111 Å². The number of hydrogen-bond acceptors (Lipinski definition) is 0. The molecule has 2 aliphatic rings. The Morgan fingerprint density at radius 1 is 1.06 bits per heavy atom. The van der Waals surface area contributed by atoms with Crippen molar-refractivity contribution in [3.63, 3.8) is 0 Å². The highest BCUT2D eigenvalue weighted by atomic mass is 14.5. The summed E-state index contributed by atoms with van der Waals surface area (Å²) in [4.78, 5) is 0. The summed E-state index contributed by atoms with van der Waals surface area (Å²) in [6.07, 6.45) is 6.55. The lowest BCUT2D eigenvalue weighted by atomic mass is 9.55. The molecule has 0 nitrogen and oxygen atoms in total. The van der Waals surface area contributed by atoms with Crippen molar-refractivity contribution in [2.75, 3.05) is 0 Å². The third-order valence-corrected chi connectivity index (χ3v) is 5.41. The lowest BCUT2D eigenvalue weighted by molar-refractivity contribution is 0.0834. The predicted octanol–water partition coefficient (Wildman–Crippen LogP) is 5.17.